The Kier molecular flexibility index (Phi) is 4.93. The third-order valence-corrected chi connectivity index (χ3v) is 4.53. The zero-order valence-electron chi connectivity index (χ0n) is 15.0. The van der Waals surface area contributed by atoms with Gasteiger partial charge in [-0.15, -0.1) is 0 Å². The summed E-state index contributed by atoms with van der Waals surface area (Å²) in [5.41, 5.74) is 1.04. The lowest BCUT2D eigenvalue weighted by molar-refractivity contribution is 0.0845. The van der Waals surface area contributed by atoms with E-state index in [1.54, 1.807) is 30.3 Å². The van der Waals surface area contributed by atoms with E-state index in [2.05, 4.69) is 15.4 Å². The molecule has 0 spiro atoms. The molecule has 1 unspecified atom stereocenters. The number of nitrogens with one attached hydrogen (secondary N) is 1. The number of rotatable bonds is 6. The molecule has 1 heterocycles. The number of ketones is 1. The Labute approximate surface area is 161 Å². The second-order valence-corrected chi connectivity index (χ2v) is 6.44. The van der Waals surface area contributed by atoms with Crippen molar-refractivity contribution in [1.29, 1.82) is 0 Å². The molecule has 0 fully saturated rings. The lowest BCUT2D eigenvalue weighted by Gasteiger charge is -2.18. The van der Waals surface area contributed by atoms with Crippen LogP contribution in [0.2, 0.25) is 0 Å². The van der Waals surface area contributed by atoms with Gasteiger partial charge >= 0.3 is 0 Å². The summed E-state index contributed by atoms with van der Waals surface area (Å²) in [6.07, 6.45) is 2.92. The molecule has 1 aromatic heterocycles. The second-order valence-electron chi connectivity index (χ2n) is 6.44. The fourth-order valence-corrected chi connectivity index (χ4v) is 3.08. The summed E-state index contributed by atoms with van der Waals surface area (Å²) in [6, 6.07) is 21.5. The van der Waals surface area contributed by atoms with Gasteiger partial charge in [0.25, 0.3) is 5.91 Å². The van der Waals surface area contributed by atoms with E-state index in [1.807, 2.05) is 42.5 Å². The molecule has 1 N–H and O–H groups in total. The van der Waals surface area contributed by atoms with Crippen LogP contribution in [-0.2, 0) is 6.54 Å². The maximum Gasteiger partial charge on any atom is 0.251 e. The van der Waals surface area contributed by atoms with Crippen LogP contribution < -0.4 is 5.32 Å². The summed E-state index contributed by atoms with van der Waals surface area (Å²) in [5.74, 6) is -0.481. The van der Waals surface area contributed by atoms with Gasteiger partial charge in [0.15, 0.2) is 5.78 Å². The number of nitrogens with zero attached hydrogens (tertiary/aromatic N) is 3. The monoisotopic (exact) mass is 370 g/mol. The van der Waals surface area contributed by atoms with Crippen molar-refractivity contribution in [1.82, 2.24) is 20.1 Å². The Balaban J connectivity index is 1.60. The maximum atomic E-state index is 13.0. The van der Waals surface area contributed by atoms with Gasteiger partial charge in [-0.05, 0) is 22.9 Å². The van der Waals surface area contributed by atoms with Gasteiger partial charge in [0.05, 0.1) is 6.54 Å². The van der Waals surface area contributed by atoms with Crippen LogP contribution in [0.3, 0.4) is 0 Å². The lowest BCUT2D eigenvalue weighted by Crippen LogP contribution is -2.44. The van der Waals surface area contributed by atoms with Crippen LogP contribution in [0, 0.1) is 0 Å². The highest BCUT2D eigenvalue weighted by atomic mass is 16.2. The molecular weight excluding hydrogens is 352 g/mol. The minimum atomic E-state index is -0.761. The van der Waals surface area contributed by atoms with Crippen molar-refractivity contribution in [2.75, 3.05) is 0 Å². The van der Waals surface area contributed by atoms with E-state index in [0.717, 1.165) is 10.8 Å². The quantitative estimate of drug-likeness (QED) is 0.529. The molecule has 0 saturated heterocycles. The Morgan fingerprint density at radius 2 is 1.64 bits per heavy atom. The molecule has 6 nitrogen and oxygen atoms in total. The van der Waals surface area contributed by atoms with Crippen LogP contribution >= 0.6 is 0 Å². The molecule has 138 valence electrons. The van der Waals surface area contributed by atoms with Crippen molar-refractivity contribution in [3.63, 3.8) is 0 Å². The Bertz CT molecular complexity index is 1110. The predicted octanol–water partition coefficient (Wildman–Crippen LogP) is 3.11. The Morgan fingerprint density at radius 3 is 2.39 bits per heavy atom. The van der Waals surface area contributed by atoms with Crippen molar-refractivity contribution in [2.24, 2.45) is 0 Å². The first kappa shape index (κ1) is 17.6. The summed E-state index contributed by atoms with van der Waals surface area (Å²) in [7, 11) is 0. The molecule has 0 aliphatic rings. The minimum absolute atomic E-state index is 0.176. The molecule has 1 amide bonds. The number of benzene rings is 3. The molecule has 0 saturated carbocycles. The molecule has 1 atom stereocenters. The number of amides is 1. The number of Topliss-reactive ketones (excluding diaryl/α,β-unsaturated/α-hetero) is 1. The molecule has 4 aromatic rings. The van der Waals surface area contributed by atoms with Gasteiger partial charge in [-0.3, -0.25) is 14.3 Å². The second kappa shape index (κ2) is 7.84. The van der Waals surface area contributed by atoms with Gasteiger partial charge < -0.3 is 5.32 Å². The number of hydrogen-bond acceptors (Lipinski definition) is 4. The molecule has 4 rings (SSSR count). The summed E-state index contributed by atoms with van der Waals surface area (Å²) in [6.45, 7) is 0.201. The van der Waals surface area contributed by atoms with Crippen LogP contribution in [0.1, 0.15) is 20.7 Å². The normalized spacial score (nSPS) is 11.9. The molecule has 0 aliphatic heterocycles. The largest absolute Gasteiger partial charge is 0.340 e. The topological polar surface area (TPSA) is 76.9 Å². The summed E-state index contributed by atoms with van der Waals surface area (Å²) >= 11 is 0. The minimum Gasteiger partial charge on any atom is -0.340 e. The highest BCUT2D eigenvalue weighted by Crippen LogP contribution is 2.16. The van der Waals surface area contributed by atoms with E-state index in [4.69, 9.17) is 0 Å². The molecule has 0 bridgehead atoms. The first-order valence-electron chi connectivity index (χ1n) is 8.92. The Morgan fingerprint density at radius 1 is 0.893 bits per heavy atom. The third-order valence-electron chi connectivity index (χ3n) is 4.53. The third kappa shape index (κ3) is 3.81. The SMILES string of the molecule is O=C(NC(Cn1cncn1)C(=O)c1ccccc1)c1ccc2ccccc2c1. The van der Waals surface area contributed by atoms with Crippen LogP contribution in [0.5, 0.6) is 0 Å². The average molecular weight is 370 g/mol. The number of fused-ring (bicyclic) bond motifs is 1. The summed E-state index contributed by atoms with van der Waals surface area (Å²) in [4.78, 5) is 29.7. The van der Waals surface area contributed by atoms with Gasteiger partial charge in [-0.1, -0.05) is 60.7 Å². The van der Waals surface area contributed by atoms with Crippen molar-refractivity contribution in [2.45, 2.75) is 12.6 Å². The number of carbonyl (C=O) groups excluding carboxylic acids is 2. The molecule has 28 heavy (non-hydrogen) atoms. The zero-order valence-corrected chi connectivity index (χ0v) is 15.0. The molecule has 0 aliphatic carbocycles. The maximum absolute atomic E-state index is 13.0. The molecule has 6 heteroatoms. The van der Waals surface area contributed by atoms with Crippen LogP contribution in [0.4, 0.5) is 0 Å². The van der Waals surface area contributed by atoms with Crippen molar-refractivity contribution >= 4 is 22.5 Å². The van der Waals surface area contributed by atoms with Gasteiger partial charge in [0.2, 0.25) is 0 Å². The van der Waals surface area contributed by atoms with Crippen LogP contribution in [0.25, 0.3) is 10.8 Å². The zero-order chi connectivity index (χ0) is 19.3. The number of carbonyl (C=O) groups is 2. The molecule has 0 radical (unpaired) electrons. The fraction of sp³-hybridized carbons (Fsp3) is 0.0909. The van der Waals surface area contributed by atoms with E-state index in [1.165, 1.54) is 17.3 Å². The van der Waals surface area contributed by atoms with Gasteiger partial charge in [-0.2, -0.15) is 5.10 Å². The van der Waals surface area contributed by atoms with E-state index in [-0.39, 0.29) is 18.2 Å². The molecule has 3 aromatic carbocycles. The van der Waals surface area contributed by atoms with Gasteiger partial charge in [-0.25, -0.2) is 4.98 Å². The van der Waals surface area contributed by atoms with Crippen molar-refractivity contribution in [3.05, 3.63) is 96.6 Å². The van der Waals surface area contributed by atoms with E-state index >= 15 is 0 Å². The highest BCUT2D eigenvalue weighted by Gasteiger charge is 2.23. The first-order valence-corrected chi connectivity index (χ1v) is 8.92. The van der Waals surface area contributed by atoms with Crippen LogP contribution in [0.15, 0.2) is 85.5 Å². The van der Waals surface area contributed by atoms with Gasteiger partial charge in [0.1, 0.15) is 18.7 Å². The lowest BCUT2D eigenvalue weighted by atomic mass is 10.0. The van der Waals surface area contributed by atoms with Gasteiger partial charge in [0, 0.05) is 11.1 Å². The standard InChI is InChI=1S/C22H18N4O2/c27-21(17-7-2-1-3-8-17)20(13-26-15-23-14-24-26)25-22(28)19-11-10-16-6-4-5-9-18(16)12-19/h1-12,14-15,20H,13H2,(H,25,28). The van der Waals surface area contributed by atoms with Crippen molar-refractivity contribution in [3.8, 4) is 0 Å². The van der Waals surface area contributed by atoms with E-state index in [0.29, 0.717) is 11.1 Å². The Hall–Kier alpha value is -3.80. The van der Waals surface area contributed by atoms with E-state index < -0.39 is 6.04 Å². The summed E-state index contributed by atoms with van der Waals surface area (Å²) < 4.78 is 1.53. The van der Waals surface area contributed by atoms with E-state index in [9.17, 15) is 9.59 Å². The summed E-state index contributed by atoms with van der Waals surface area (Å²) in [5, 5.41) is 8.94. The number of aromatic nitrogens is 3. The smallest absolute Gasteiger partial charge is 0.251 e. The fourth-order valence-electron chi connectivity index (χ4n) is 3.08. The number of hydrogen-bond donors (Lipinski definition) is 1. The highest BCUT2D eigenvalue weighted by molar-refractivity contribution is 6.05. The predicted molar refractivity (Wildman–Crippen MR) is 106 cm³/mol. The van der Waals surface area contributed by atoms with Crippen LogP contribution in [-0.4, -0.2) is 32.5 Å². The molecular formula is C22H18N4O2. The first-order chi connectivity index (χ1) is 13.7. The van der Waals surface area contributed by atoms with Crippen molar-refractivity contribution < 1.29 is 9.59 Å². The average Bonchev–Trinajstić information content (AvgIpc) is 3.26.